The molecule has 2 nitrogen and oxygen atoms in total. The van der Waals surface area contributed by atoms with E-state index in [1.165, 1.54) is 0 Å². The van der Waals surface area contributed by atoms with Crippen molar-refractivity contribution in [1.29, 1.82) is 0 Å². The number of benzene rings is 2. The largest absolute Gasteiger partial charge is 0.368 e. The highest BCUT2D eigenvalue weighted by Crippen LogP contribution is 2.27. The molecule has 1 unspecified atom stereocenters. The molecular formula is C20H15NO. The van der Waals surface area contributed by atoms with Crippen molar-refractivity contribution in [2.75, 3.05) is 0 Å². The van der Waals surface area contributed by atoms with Crippen molar-refractivity contribution in [3.63, 3.8) is 0 Å². The van der Waals surface area contributed by atoms with Gasteiger partial charge >= 0.3 is 0 Å². The van der Waals surface area contributed by atoms with E-state index in [1.54, 1.807) is 12.3 Å². The van der Waals surface area contributed by atoms with Crippen LogP contribution in [0.25, 0.3) is 0 Å². The smallest absolute Gasteiger partial charge is 0.194 e. The molecule has 3 aromatic rings. The van der Waals surface area contributed by atoms with Crippen LogP contribution in [-0.2, 0) is 5.60 Å². The SMILES string of the molecule is OC(C#Cc1ccccc1)(c1ccccc1)c1ccccn1. The first-order valence-electron chi connectivity index (χ1n) is 7.07. The Balaban J connectivity index is 2.11. The molecule has 1 N–H and O–H groups in total. The summed E-state index contributed by atoms with van der Waals surface area (Å²) in [7, 11) is 0. The second kappa shape index (κ2) is 6.26. The van der Waals surface area contributed by atoms with Gasteiger partial charge in [0.15, 0.2) is 5.60 Å². The zero-order chi connectivity index (χ0) is 15.3. The lowest BCUT2D eigenvalue weighted by atomic mass is 9.90. The average molecular weight is 285 g/mol. The Labute approximate surface area is 130 Å². The third-order valence-corrected chi connectivity index (χ3v) is 3.39. The number of nitrogens with zero attached hydrogens (tertiary/aromatic N) is 1. The summed E-state index contributed by atoms with van der Waals surface area (Å²) in [4.78, 5) is 4.29. The molecule has 0 aliphatic rings. The summed E-state index contributed by atoms with van der Waals surface area (Å²) in [6, 6.07) is 24.4. The van der Waals surface area contributed by atoms with E-state index >= 15 is 0 Å². The van der Waals surface area contributed by atoms with Crippen molar-refractivity contribution >= 4 is 0 Å². The molecule has 1 aromatic heterocycles. The summed E-state index contributed by atoms with van der Waals surface area (Å²) in [5, 5.41) is 11.2. The fourth-order valence-corrected chi connectivity index (χ4v) is 2.22. The predicted molar refractivity (Wildman–Crippen MR) is 87.0 cm³/mol. The van der Waals surface area contributed by atoms with Crippen LogP contribution in [-0.4, -0.2) is 10.1 Å². The zero-order valence-corrected chi connectivity index (χ0v) is 12.0. The topological polar surface area (TPSA) is 33.1 Å². The molecule has 1 atom stereocenters. The minimum Gasteiger partial charge on any atom is -0.368 e. The highest BCUT2D eigenvalue weighted by atomic mass is 16.3. The van der Waals surface area contributed by atoms with Crippen LogP contribution in [0.2, 0.25) is 0 Å². The molecule has 0 fully saturated rings. The Morgan fingerprint density at radius 2 is 1.41 bits per heavy atom. The zero-order valence-electron chi connectivity index (χ0n) is 12.0. The maximum absolute atomic E-state index is 11.2. The molecule has 22 heavy (non-hydrogen) atoms. The van der Waals surface area contributed by atoms with E-state index in [-0.39, 0.29) is 0 Å². The van der Waals surface area contributed by atoms with Gasteiger partial charge in [-0.1, -0.05) is 66.4 Å². The number of pyridine rings is 1. The molecule has 0 aliphatic heterocycles. The predicted octanol–water partition coefficient (Wildman–Crippen LogP) is 3.37. The lowest BCUT2D eigenvalue weighted by molar-refractivity contribution is 0.140. The molecule has 0 saturated carbocycles. The Morgan fingerprint density at radius 3 is 2.05 bits per heavy atom. The molecule has 0 amide bonds. The van der Waals surface area contributed by atoms with Crippen LogP contribution in [0, 0.1) is 11.8 Å². The minimum absolute atomic E-state index is 0.518. The summed E-state index contributed by atoms with van der Waals surface area (Å²) in [5.74, 6) is 6.03. The first-order chi connectivity index (χ1) is 10.8. The van der Waals surface area contributed by atoms with Crippen LogP contribution >= 0.6 is 0 Å². The molecule has 0 radical (unpaired) electrons. The highest BCUT2D eigenvalue weighted by Gasteiger charge is 2.30. The second-order valence-electron chi connectivity index (χ2n) is 4.91. The first-order valence-corrected chi connectivity index (χ1v) is 7.07. The Morgan fingerprint density at radius 1 is 0.773 bits per heavy atom. The molecule has 0 aliphatic carbocycles. The van der Waals surface area contributed by atoms with Crippen LogP contribution in [0.4, 0.5) is 0 Å². The summed E-state index contributed by atoms with van der Waals surface area (Å²) >= 11 is 0. The number of aromatic nitrogens is 1. The quantitative estimate of drug-likeness (QED) is 0.732. The van der Waals surface area contributed by atoms with Gasteiger partial charge in [0.1, 0.15) is 0 Å². The van der Waals surface area contributed by atoms with Crippen LogP contribution in [0.3, 0.4) is 0 Å². The van der Waals surface area contributed by atoms with Crippen molar-refractivity contribution in [3.8, 4) is 11.8 Å². The molecular weight excluding hydrogens is 270 g/mol. The molecule has 2 aromatic carbocycles. The van der Waals surface area contributed by atoms with Gasteiger partial charge in [0.05, 0.1) is 5.69 Å². The van der Waals surface area contributed by atoms with E-state index in [2.05, 4.69) is 16.8 Å². The number of hydrogen-bond acceptors (Lipinski definition) is 2. The fourth-order valence-electron chi connectivity index (χ4n) is 2.22. The van der Waals surface area contributed by atoms with E-state index in [0.29, 0.717) is 11.3 Å². The van der Waals surface area contributed by atoms with Crippen molar-refractivity contribution in [2.45, 2.75) is 5.60 Å². The van der Waals surface area contributed by atoms with Gasteiger partial charge in [-0.2, -0.15) is 0 Å². The van der Waals surface area contributed by atoms with Gasteiger partial charge in [0.2, 0.25) is 0 Å². The molecule has 0 spiro atoms. The summed E-state index contributed by atoms with van der Waals surface area (Å²) in [5.41, 5.74) is 0.646. The van der Waals surface area contributed by atoms with Gasteiger partial charge in [-0.3, -0.25) is 4.98 Å². The van der Waals surface area contributed by atoms with E-state index < -0.39 is 5.60 Å². The first kappa shape index (κ1) is 14.1. The molecule has 1 heterocycles. The minimum atomic E-state index is -1.43. The summed E-state index contributed by atoms with van der Waals surface area (Å²) in [6.07, 6.45) is 1.66. The number of aliphatic hydroxyl groups is 1. The van der Waals surface area contributed by atoms with Gasteiger partial charge < -0.3 is 5.11 Å². The lowest BCUT2D eigenvalue weighted by Gasteiger charge is -2.22. The number of rotatable bonds is 2. The van der Waals surface area contributed by atoms with Gasteiger partial charge in [-0.15, -0.1) is 0 Å². The second-order valence-corrected chi connectivity index (χ2v) is 4.91. The number of hydrogen-bond donors (Lipinski definition) is 1. The van der Waals surface area contributed by atoms with E-state index in [9.17, 15) is 5.11 Å². The maximum atomic E-state index is 11.2. The van der Waals surface area contributed by atoms with E-state index in [1.807, 2.05) is 72.8 Å². The maximum Gasteiger partial charge on any atom is 0.194 e. The van der Waals surface area contributed by atoms with Gasteiger partial charge in [0, 0.05) is 17.3 Å². The average Bonchev–Trinajstić information content (AvgIpc) is 2.62. The Kier molecular flexibility index (Phi) is 4.00. The molecule has 0 saturated heterocycles. The highest BCUT2D eigenvalue weighted by molar-refractivity contribution is 5.45. The molecule has 106 valence electrons. The fraction of sp³-hybridized carbons (Fsp3) is 0.0500. The van der Waals surface area contributed by atoms with Crippen molar-refractivity contribution in [2.24, 2.45) is 0 Å². The van der Waals surface area contributed by atoms with Crippen molar-refractivity contribution in [1.82, 2.24) is 4.98 Å². The standard InChI is InChI=1S/C20H15NO/c22-20(18-11-5-2-6-12-18,19-13-7-8-16-21-19)15-14-17-9-3-1-4-10-17/h1-13,16,22H. The van der Waals surface area contributed by atoms with Crippen LogP contribution in [0.15, 0.2) is 85.1 Å². The monoisotopic (exact) mass is 285 g/mol. The van der Waals surface area contributed by atoms with Gasteiger partial charge in [-0.05, 0) is 24.3 Å². The summed E-state index contributed by atoms with van der Waals surface area (Å²) < 4.78 is 0. The van der Waals surface area contributed by atoms with Crippen LogP contribution in [0.1, 0.15) is 16.8 Å². The van der Waals surface area contributed by atoms with E-state index in [4.69, 9.17) is 0 Å². The normalized spacial score (nSPS) is 12.8. The van der Waals surface area contributed by atoms with Gasteiger partial charge in [-0.25, -0.2) is 0 Å². The third kappa shape index (κ3) is 2.90. The molecule has 0 bridgehead atoms. The van der Waals surface area contributed by atoms with Crippen LogP contribution < -0.4 is 0 Å². The van der Waals surface area contributed by atoms with Crippen molar-refractivity contribution < 1.29 is 5.11 Å². The Hall–Kier alpha value is -2.89. The molecule has 2 heteroatoms. The van der Waals surface area contributed by atoms with Crippen molar-refractivity contribution in [3.05, 3.63) is 102 Å². The third-order valence-electron chi connectivity index (χ3n) is 3.39. The summed E-state index contributed by atoms with van der Waals surface area (Å²) in [6.45, 7) is 0. The van der Waals surface area contributed by atoms with Gasteiger partial charge in [0.25, 0.3) is 0 Å². The van der Waals surface area contributed by atoms with E-state index in [0.717, 1.165) is 5.56 Å². The Bertz CT molecular complexity index is 747. The van der Waals surface area contributed by atoms with Crippen LogP contribution in [0.5, 0.6) is 0 Å². The lowest BCUT2D eigenvalue weighted by Crippen LogP contribution is -2.26. The molecule has 3 rings (SSSR count).